The molecular formula is C11H14ClN3S. The summed E-state index contributed by atoms with van der Waals surface area (Å²) in [6.07, 6.45) is 5.59. The molecule has 0 amide bonds. The Bertz CT molecular complexity index is 424. The molecule has 0 aromatic carbocycles. The molecule has 0 saturated heterocycles. The van der Waals surface area contributed by atoms with Crippen LogP contribution in [-0.4, -0.2) is 16.1 Å². The van der Waals surface area contributed by atoms with Crippen LogP contribution in [0.3, 0.4) is 0 Å². The summed E-state index contributed by atoms with van der Waals surface area (Å²) in [5.74, 6) is 0. The Hall–Kier alpha value is -0.840. The Morgan fingerprint density at radius 3 is 3.06 bits per heavy atom. The molecule has 0 saturated carbocycles. The van der Waals surface area contributed by atoms with Crippen LogP contribution in [0.15, 0.2) is 30.9 Å². The average molecular weight is 256 g/mol. The van der Waals surface area contributed by atoms with Crippen molar-refractivity contribution in [2.45, 2.75) is 19.5 Å². The summed E-state index contributed by atoms with van der Waals surface area (Å²) in [6.45, 7) is 4.01. The molecule has 0 aliphatic carbocycles. The van der Waals surface area contributed by atoms with Crippen molar-refractivity contribution in [1.82, 2.24) is 14.9 Å². The van der Waals surface area contributed by atoms with Gasteiger partial charge in [-0.25, -0.2) is 4.98 Å². The predicted molar refractivity (Wildman–Crippen MR) is 68.0 cm³/mol. The van der Waals surface area contributed by atoms with Crippen LogP contribution in [-0.2, 0) is 6.54 Å². The molecule has 2 heterocycles. The Balaban J connectivity index is 1.78. The van der Waals surface area contributed by atoms with E-state index < -0.39 is 0 Å². The Morgan fingerprint density at radius 1 is 1.56 bits per heavy atom. The smallest absolute Gasteiger partial charge is 0.0946 e. The first-order valence-corrected chi connectivity index (χ1v) is 6.39. The lowest BCUT2D eigenvalue weighted by molar-refractivity contribution is 0.536. The molecule has 1 unspecified atom stereocenters. The van der Waals surface area contributed by atoms with E-state index in [4.69, 9.17) is 11.6 Å². The third-order valence-corrected chi connectivity index (χ3v) is 3.81. The lowest BCUT2D eigenvalue weighted by atomic mass is 10.3. The molecule has 0 fully saturated rings. The molecule has 3 nitrogen and oxygen atoms in total. The van der Waals surface area contributed by atoms with Crippen LogP contribution in [0.25, 0.3) is 0 Å². The Kier molecular flexibility index (Phi) is 3.98. The summed E-state index contributed by atoms with van der Waals surface area (Å²) in [7, 11) is 0. The molecule has 0 spiro atoms. The molecule has 1 atom stereocenters. The zero-order chi connectivity index (χ0) is 11.4. The second-order valence-corrected chi connectivity index (χ2v) is 5.36. The summed E-state index contributed by atoms with van der Waals surface area (Å²) < 4.78 is 2.90. The Labute approximate surface area is 104 Å². The van der Waals surface area contributed by atoms with Gasteiger partial charge in [-0.05, 0) is 19.1 Å². The molecule has 0 aliphatic rings. The van der Waals surface area contributed by atoms with Crippen LogP contribution in [0.1, 0.15) is 17.8 Å². The van der Waals surface area contributed by atoms with Gasteiger partial charge in [-0.3, -0.25) is 0 Å². The number of hydrogen-bond acceptors (Lipinski definition) is 3. The summed E-state index contributed by atoms with van der Waals surface area (Å²) in [4.78, 5) is 5.27. The number of aromatic nitrogens is 2. The highest BCUT2D eigenvalue weighted by molar-refractivity contribution is 7.16. The minimum atomic E-state index is 0.348. The third kappa shape index (κ3) is 3.07. The minimum Gasteiger partial charge on any atom is -0.336 e. The van der Waals surface area contributed by atoms with Gasteiger partial charge < -0.3 is 9.88 Å². The number of thiophene rings is 1. The fourth-order valence-corrected chi connectivity index (χ4v) is 2.58. The van der Waals surface area contributed by atoms with Crippen LogP contribution < -0.4 is 5.32 Å². The van der Waals surface area contributed by atoms with Gasteiger partial charge in [-0.15, -0.1) is 11.3 Å². The highest BCUT2D eigenvalue weighted by atomic mass is 35.5. The summed E-state index contributed by atoms with van der Waals surface area (Å²) in [6, 6.07) is 4.36. The van der Waals surface area contributed by atoms with E-state index in [0.29, 0.717) is 6.04 Å². The van der Waals surface area contributed by atoms with Gasteiger partial charge in [0.1, 0.15) is 0 Å². The number of rotatable bonds is 5. The van der Waals surface area contributed by atoms with Gasteiger partial charge in [0.25, 0.3) is 0 Å². The number of hydrogen-bond donors (Lipinski definition) is 1. The summed E-state index contributed by atoms with van der Waals surface area (Å²) in [5.41, 5.74) is 0. The van der Waals surface area contributed by atoms with Gasteiger partial charge >= 0.3 is 0 Å². The molecule has 16 heavy (non-hydrogen) atoms. The third-order valence-electron chi connectivity index (χ3n) is 2.40. The van der Waals surface area contributed by atoms with Gasteiger partial charge in [0.15, 0.2) is 0 Å². The van der Waals surface area contributed by atoms with Crippen molar-refractivity contribution in [1.29, 1.82) is 0 Å². The van der Waals surface area contributed by atoms with Crippen molar-refractivity contribution in [2.24, 2.45) is 0 Å². The first-order valence-electron chi connectivity index (χ1n) is 5.20. The zero-order valence-electron chi connectivity index (χ0n) is 9.06. The van der Waals surface area contributed by atoms with E-state index in [0.717, 1.165) is 17.4 Å². The van der Waals surface area contributed by atoms with Gasteiger partial charge in [0.2, 0.25) is 0 Å². The van der Waals surface area contributed by atoms with Crippen LogP contribution in [0, 0.1) is 0 Å². The van der Waals surface area contributed by atoms with Gasteiger partial charge in [0, 0.05) is 36.4 Å². The molecule has 2 aromatic heterocycles. The van der Waals surface area contributed by atoms with Crippen molar-refractivity contribution in [3.05, 3.63) is 40.1 Å². The first-order chi connectivity index (χ1) is 7.75. The van der Waals surface area contributed by atoms with Crippen LogP contribution >= 0.6 is 22.9 Å². The monoisotopic (exact) mass is 255 g/mol. The molecule has 86 valence electrons. The van der Waals surface area contributed by atoms with E-state index in [2.05, 4.69) is 27.9 Å². The highest BCUT2D eigenvalue weighted by Gasteiger charge is 2.06. The first kappa shape index (κ1) is 11.6. The van der Waals surface area contributed by atoms with Crippen molar-refractivity contribution >= 4 is 22.9 Å². The van der Waals surface area contributed by atoms with E-state index >= 15 is 0 Å². The fraction of sp³-hybridized carbons (Fsp3) is 0.364. The number of nitrogens with zero attached hydrogens (tertiary/aromatic N) is 2. The SMILES string of the molecule is CC(NCCn1ccnc1)c1ccc(Cl)s1. The Morgan fingerprint density at radius 2 is 2.44 bits per heavy atom. The highest BCUT2D eigenvalue weighted by Crippen LogP contribution is 2.26. The molecule has 2 aromatic rings. The minimum absolute atomic E-state index is 0.348. The number of imidazole rings is 1. The van der Waals surface area contributed by atoms with Crippen LogP contribution in [0.5, 0.6) is 0 Å². The van der Waals surface area contributed by atoms with E-state index in [-0.39, 0.29) is 0 Å². The summed E-state index contributed by atoms with van der Waals surface area (Å²) in [5, 5.41) is 3.45. The maximum atomic E-state index is 5.90. The molecule has 1 N–H and O–H groups in total. The van der Waals surface area contributed by atoms with Gasteiger partial charge in [-0.2, -0.15) is 0 Å². The lowest BCUT2D eigenvalue weighted by Crippen LogP contribution is -2.22. The maximum Gasteiger partial charge on any atom is 0.0946 e. The maximum absolute atomic E-state index is 5.90. The van der Waals surface area contributed by atoms with Crippen LogP contribution in [0.2, 0.25) is 4.34 Å². The summed E-state index contributed by atoms with van der Waals surface area (Å²) >= 11 is 7.53. The van der Waals surface area contributed by atoms with Crippen LogP contribution in [0.4, 0.5) is 0 Å². The largest absolute Gasteiger partial charge is 0.336 e. The normalized spacial score (nSPS) is 12.9. The van der Waals surface area contributed by atoms with E-state index in [1.54, 1.807) is 17.5 Å². The standard InChI is InChI=1S/C11H14ClN3S/c1-9(10-2-3-11(12)16-10)14-5-7-15-6-4-13-8-15/h2-4,6,8-9,14H,5,7H2,1H3. The molecule has 5 heteroatoms. The van der Waals surface area contributed by atoms with E-state index in [9.17, 15) is 0 Å². The van der Waals surface area contributed by atoms with Crippen molar-refractivity contribution < 1.29 is 0 Å². The fourth-order valence-electron chi connectivity index (χ4n) is 1.49. The second kappa shape index (κ2) is 5.48. The van der Waals surface area contributed by atoms with E-state index in [1.165, 1.54) is 4.88 Å². The molecule has 0 bridgehead atoms. The van der Waals surface area contributed by atoms with Gasteiger partial charge in [-0.1, -0.05) is 11.6 Å². The molecule has 0 radical (unpaired) electrons. The zero-order valence-corrected chi connectivity index (χ0v) is 10.6. The molecule has 2 rings (SSSR count). The topological polar surface area (TPSA) is 29.9 Å². The quantitative estimate of drug-likeness (QED) is 0.890. The lowest BCUT2D eigenvalue weighted by Gasteiger charge is -2.11. The number of halogens is 1. The van der Waals surface area contributed by atoms with E-state index in [1.807, 2.05) is 18.6 Å². The predicted octanol–water partition coefficient (Wildman–Crippen LogP) is 2.95. The van der Waals surface area contributed by atoms with Gasteiger partial charge in [0.05, 0.1) is 10.7 Å². The number of nitrogens with one attached hydrogen (secondary N) is 1. The van der Waals surface area contributed by atoms with Crippen molar-refractivity contribution in [3.8, 4) is 0 Å². The average Bonchev–Trinajstić information content (AvgIpc) is 2.89. The van der Waals surface area contributed by atoms with Crippen molar-refractivity contribution in [2.75, 3.05) is 6.54 Å². The molecule has 0 aliphatic heterocycles. The second-order valence-electron chi connectivity index (χ2n) is 3.62. The van der Waals surface area contributed by atoms with Crippen molar-refractivity contribution in [3.63, 3.8) is 0 Å². The molecular weight excluding hydrogens is 242 g/mol.